The lowest BCUT2D eigenvalue weighted by atomic mass is 9.98. The minimum atomic E-state index is 0.174. The Kier molecular flexibility index (Phi) is 3.68. The van der Waals surface area contributed by atoms with Crippen LogP contribution in [0.5, 0.6) is 11.5 Å². The summed E-state index contributed by atoms with van der Waals surface area (Å²) in [6.45, 7) is 0.191. The molecule has 0 saturated carbocycles. The number of hydrogen-bond acceptors (Lipinski definition) is 5. The third-order valence-electron chi connectivity index (χ3n) is 3.96. The van der Waals surface area contributed by atoms with Crippen LogP contribution < -0.4 is 15.2 Å². The summed E-state index contributed by atoms with van der Waals surface area (Å²) in [4.78, 5) is 4.35. The highest BCUT2D eigenvalue weighted by Crippen LogP contribution is 2.38. The molecule has 0 atom stereocenters. The lowest BCUT2D eigenvalue weighted by Gasteiger charge is -2.11. The minimum absolute atomic E-state index is 0.174. The highest BCUT2D eigenvalue weighted by molar-refractivity contribution is 6.30. The van der Waals surface area contributed by atoms with Crippen LogP contribution in [0.1, 0.15) is 5.56 Å². The summed E-state index contributed by atoms with van der Waals surface area (Å²) in [5.74, 6) is 1.49. The molecule has 122 valence electrons. The molecule has 25 heavy (non-hydrogen) atoms. The van der Waals surface area contributed by atoms with E-state index >= 15 is 0 Å². The number of pyridine rings is 1. The average Bonchev–Trinajstić information content (AvgIpc) is 3.08. The van der Waals surface area contributed by atoms with Gasteiger partial charge >= 0.3 is 0 Å². The summed E-state index contributed by atoms with van der Waals surface area (Å²) in [6.07, 6.45) is 0. The number of hydrogen-bond donors (Lipinski definition) is 1. The number of nitrogens with two attached hydrogens (primary N) is 1. The van der Waals surface area contributed by atoms with Crippen molar-refractivity contribution in [1.82, 2.24) is 4.98 Å². The van der Waals surface area contributed by atoms with Crippen LogP contribution in [0.3, 0.4) is 0 Å². The van der Waals surface area contributed by atoms with E-state index in [1.807, 2.05) is 36.4 Å². The molecule has 3 aromatic rings. The Bertz CT molecular complexity index is 1030. The first-order valence-electron chi connectivity index (χ1n) is 7.52. The highest BCUT2D eigenvalue weighted by atomic mass is 35.5. The van der Waals surface area contributed by atoms with Gasteiger partial charge in [0.25, 0.3) is 0 Å². The number of rotatable bonds is 2. The average molecular weight is 350 g/mol. The number of nitriles is 1. The standard InChI is InChI=1S/C19H12ClN3O2/c20-13-3-1-2-12(6-13)16-8-14(15(9-21)19(22)23-16)11-4-5-17-18(7-11)25-10-24-17/h1-8H,10H2,(H2,22,23). The highest BCUT2D eigenvalue weighted by Gasteiger charge is 2.18. The SMILES string of the molecule is N#Cc1c(-c2ccc3c(c2)OCO3)cc(-c2cccc(Cl)c2)nc1N. The molecular weight excluding hydrogens is 338 g/mol. The van der Waals surface area contributed by atoms with Crippen molar-refractivity contribution in [2.75, 3.05) is 12.5 Å². The van der Waals surface area contributed by atoms with Crippen molar-refractivity contribution >= 4 is 17.4 Å². The second-order valence-electron chi connectivity index (χ2n) is 5.51. The number of ether oxygens (including phenoxy) is 2. The van der Waals surface area contributed by atoms with Gasteiger partial charge in [0.05, 0.1) is 5.69 Å². The summed E-state index contributed by atoms with van der Waals surface area (Å²) in [5.41, 5.74) is 9.32. The van der Waals surface area contributed by atoms with Gasteiger partial charge < -0.3 is 15.2 Å². The normalized spacial score (nSPS) is 12.0. The van der Waals surface area contributed by atoms with Crippen molar-refractivity contribution in [2.24, 2.45) is 0 Å². The van der Waals surface area contributed by atoms with Crippen LogP contribution in [0.15, 0.2) is 48.5 Å². The number of aromatic nitrogens is 1. The first-order chi connectivity index (χ1) is 12.2. The van der Waals surface area contributed by atoms with Crippen LogP contribution in [0.2, 0.25) is 5.02 Å². The molecule has 0 saturated heterocycles. The number of anilines is 1. The number of nitrogen functional groups attached to an aromatic ring is 1. The van der Waals surface area contributed by atoms with Crippen molar-refractivity contribution < 1.29 is 9.47 Å². The first kappa shape index (κ1) is 15.3. The zero-order valence-electron chi connectivity index (χ0n) is 13.0. The van der Waals surface area contributed by atoms with Crippen LogP contribution in [-0.4, -0.2) is 11.8 Å². The zero-order valence-corrected chi connectivity index (χ0v) is 13.7. The molecule has 0 unspecified atom stereocenters. The fraction of sp³-hybridized carbons (Fsp3) is 0.0526. The molecule has 0 fully saturated rings. The monoisotopic (exact) mass is 349 g/mol. The Morgan fingerprint density at radius 1 is 1.04 bits per heavy atom. The molecule has 0 radical (unpaired) electrons. The van der Waals surface area contributed by atoms with Gasteiger partial charge in [0, 0.05) is 16.1 Å². The molecule has 0 bridgehead atoms. The zero-order chi connectivity index (χ0) is 17.4. The van der Waals surface area contributed by atoms with Crippen LogP contribution in [0.25, 0.3) is 22.4 Å². The van der Waals surface area contributed by atoms with E-state index in [1.54, 1.807) is 12.1 Å². The van der Waals surface area contributed by atoms with Crippen molar-refractivity contribution in [3.8, 4) is 40.0 Å². The number of benzene rings is 2. The second-order valence-corrected chi connectivity index (χ2v) is 5.94. The maximum atomic E-state index is 9.51. The fourth-order valence-electron chi connectivity index (χ4n) is 2.77. The van der Waals surface area contributed by atoms with E-state index in [2.05, 4.69) is 11.1 Å². The molecule has 5 nitrogen and oxygen atoms in total. The van der Waals surface area contributed by atoms with Crippen LogP contribution in [0.4, 0.5) is 5.82 Å². The van der Waals surface area contributed by atoms with E-state index in [4.69, 9.17) is 26.8 Å². The van der Waals surface area contributed by atoms with Crippen molar-refractivity contribution in [3.05, 3.63) is 59.1 Å². The maximum Gasteiger partial charge on any atom is 0.231 e. The Balaban J connectivity index is 1.90. The second kappa shape index (κ2) is 6.00. The van der Waals surface area contributed by atoms with E-state index in [-0.39, 0.29) is 12.6 Å². The molecule has 0 aliphatic carbocycles. The summed E-state index contributed by atoms with van der Waals surface area (Å²) in [7, 11) is 0. The Morgan fingerprint density at radius 2 is 1.88 bits per heavy atom. The van der Waals surface area contributed by atoms with Gasteiger partial charge in [-0.05, 0) is 35.9 Å². The number of nitrogens with zero attached hydrogens (tertiary/aromatic N) is 2. The predicted molar refractivity (Wildman–Crippen MR) is 95.4 cm³/mol. The Morgan fingerprint density at radius 3 is 2.68 bits per heavy atom. The summed E-state index contributed by atoms with van der Waals surface area (Å²) >= 11 is 6.07. The molecule has 0 amide bonds. The molecule has 0 spiro atoms. The third kappa shape index (κ3) is 2.73. The molecule has 2 heterocycles. The van der Waals surface area contributed by atoms with Gasteiger partial charge in [-0.3, -0.25) is 0 Å². The molecule has 2 N–H and O–H groups in total. The molecular formula is C19H12ClN3O2. The topological polar surface area (TPSA) is 81.2 Å². The smallest absolute Gasteiger partial charge is 0.231 e. The van der Waals surface area contributed by atoms with Gasteiger partial charge in [0.15, 0.2) is 11.5 Å². The van der Waals surface area contributed by atoms with Crippen molar-refractivity contribution in [1.29, 1.82) is 5.26 Å². The summed E-state index contributed by atoms with van der Waals surface area (Å²) < 4.78 is 10.8. The molecule has 2 aromatic carbocycles. The summed E-state index contributed by atoms with van der Waals surface area (Å²) in [6, 6.07) is 16.8. The van der Waals surface area contributed by atoms with Crippen LogP contribution in [-0.2, 0) is 0 Å². The lowest BCUT2D eigenvalue weighted by Crippen LogP contribution is -1.99. The quantitative estimate of drug-likeness (QED) is 0.747. The lowest BCUT2D eigenvalue weighted by molar-refractivity contribution is 0.174. The van der Waals surface area contributed by atoms with E-state index in [0.717, 1.165) is 11.1 Å². The van der Waals surface area contributed by atoms with Gasteiger partial charge in [-0.25, -0.2) is 4.98 Å². The molecule has 1 aromatic heterocycles. The molecule has 4 rings (SSSR count). The van der Waals surface area contributed by atoms with Gasteiger partial charge in [-0.15, -0.1) is 0 Å². The van der Waals surface area contributed by atoms with Gasteiger partial charge in [0.1, 0.15) is 17.5 Å². The Hall–Kier alpha value is -3.23. The third-order valence-corrected chi connectivity index (χ3v) is 4.20. The summed E-state index contributed by atoms with van der Waals surface area (Å²) in [5, 5.41) is 10.1. The number of halogens is 1. The molecule has 1 aliphatic heterocycles. The largest absolute Gasteiger partial charge is 0.454 e. The van der Waals surface area contributed by atoms with Crippen molar-refractivity contribution in [3.63, 3.8) is 0 Å². The minimum Gasteiger partial charge on any atom is -0.454 e. The maximum absolute atomic E-state index is 9.51. The van der Waals surface area contributed by atoms with E-state index in [1.165, 1.54) is 0 Å². The first-order valence-corrected chi connectivity index (χ1v) is 7.90. The molecule has 6 heteroatoms. The predicted octanol–water partition coefficient (Wildman–Crippen LogP) is 4.25. The Labute approximate surface area is 149 Å². The van der Waals surface area contributed by atoms with Crippen molar-refractivity contribution in [2.45, 2.75) is 0 Å². The van der Waals surface area contributed by atoms with Gasteiger partial charge in [-0.1, -0.05) is 29.8 Å². The van der Waals surface area contributed by atoms with Crippen LogP contribution in [0, 0.1) is 11.3 Å². The van der Waals surface area contributed by atoms with E-state index < -0.39 is 0 Å². The van der Waals surface area contributed by atoms with E-state index in [0.29, 0.717) is 33.3 Å². The van der Waals surface area contributed by atoms with Gasteiger partial charge in [0.2, 0.25) is 6.79 Å². The van der Waals surface area contributed by atoms with Crippen LogP contribution >= 0.6 is 11.6 Å². The van der Waals surface area contributed by atoms with Gasteiger partial charge in [-0.2, -0.15) is 5.26 Å². The number of fused-ring (bicyclic) bond motifs is 1. The molecule has 1 aliphatic rings. The fourth-order valence-corrected chi connectivity index (χ4v) is 2.96. The van der Waals surface area contributed by atoms with E-state index in [9.17, 15) is 5.26 Å².